The third kappa shape index (κ3) is 3.21. The van der Waals surface area contributed by atoms with Gasteiger partial charge in [0.2, 0.25) is 5.69 Å². The van der Waals surface area contributed by atoms with E-state index in [1.165, 1.54) is 25.5 Å². The molecular formula is C21H21FN4. The van der Waals surface area contributed by atoms with E-state index in [1.807, 2.05) is 22.7 Å². The summed E-state index contributed by atoms with van der Waals surface area (Å²) in [7, 11) is 0. The predicted octanol–water partition coefficient (Wildman–Crippen LogP) is 4.72. The quantitative estimate of drug-likeness (QED) is 0.638. The maximum atomic E-state index is 13.5. The van der Waals surface area contributed by atoms with Crippen molar-refractivity contribution in [2.45, 2.75) is 32.2 Å². The van der Waals surface area contributed by atoms with Crippen LogP contribution in [-0.4, -0.2) is 33.4 Å². The Hall–Kier alpha value is -2.71. The average molecular weight is 348 g/mol. The average Bonchev–Trinajstić information content (AvgIpc) is 3.25. The van der Waals surface area contributed by atoms with E-state index in [2.05, 4.69) is 22.9 Å². The van der Waals surface area contributed by atoms with Crippen molar-refractivity contribution in [3.63, 3.8) is 0 Å². The van der Waals surface area contributed by atoms with Gasteiger partial charge in [-0.1, -0.05) is 6.07 Å². The van der Waals surface area contributed by atoms with Gasteiger partial charge in [-0.3, -0.25) is 0 Å². The number of halogens is 1. The zero-order chi connectivity index (χ0) is 18.1. The smallest absolute Gasteiger partial charge is 0.222 e. The molecule has 3 heterocycles. The van der Waals surface area contributed by atoms with Gasteiger partial charge < -0.3 is 9.30 Å². The molecule has 0 N–H and O–H groups in total. The van der Waals surface area contributed by atoms with Gasteiger partial charge in [0.05, 0.1) is 12.3 Å². The predicted molar refractivity (Wildman–Crippen MR) is 101 cm³/mol. The lowest BCUT2D eigenvalue weighted by atomic mass is 10.1. The Kier molecular flexibility index (Phi) is 4.44. The second-order valence-electron chi connectivity index (χ2n) is 6.97. The number of rotatable bonds is 4. The van der Waals surface area contributed by atoms with Gasteiger partial charge in [-0.2, -0.15) is 0 Å². The first-order valence-corrected chi connectivity index (χ1v) is 9.03. The second-order valence-corrected chi connectivity index (χ2v) is 6.97. The lowest BCUT2D eigenvalue weighted by molar-refractivity contribution is 0.271. The molecule has 1 aromatic carbocycles. The van der Waals surface area contributed by atoms with E-state index < -0.39 is 5.82 Å². The number of fused-ring (bicyclic) bond motifs is 1. The molecule has 26 heavy (non-hydrogen) atoms. The molecule has 0 aliphatic carbocycles. The molecule has 0 saturated carbocycles. The summed E-state index contributed by atoms with van der Waals surface area (Å²) in [5.41, 5.74) is 3.82. The molecular weight excluding hydrogens is 327 g/mol. The molecule has 132 valence electrons. The molecule has 1 atom stereocenters. The van der Waals surface area contributed by atoms with Crippen LogP contribution < -0.4 is 0 Å². The fraction of sp³-hybridized carbons (Fsp3) is 0.333. The van der Waals surface area contributed by atoms with Gasteiger partial charge in [0, 0.05) is 31.4 Å². The number of hydrogen-bond donors (Lipinski definition) is 0. The molecule has 4 nitrogen and oxygen atoms in total. The number of imidazole rings is 1. The Balaban J connectivity index is 1.57. The Bertz CT molecular complexity index is 985. The van der Waals surface area contributed by atoms with Crippen molar-refractivity contribution in [2.24, 2.45) is 0 Å². The number of hydrogen-bond acceptors (Lipinski definition) is 2. The van der Waals surface area contributed by atoms with Crippen LogP contribution in [0.25, 0.3) is 21.6 Å². The molecule has 5 heteroatoms. The van der Waals surface area contributed by atoms with Crippen LogP contribution in [0.2, 0.25) is 0 Å². The van der Waals surface area contributed by atoms with E-state index in [1.54, 1.807) is 12.1 Å². The number of nitrogens with zero attached hydrogens (tertiary/aromatic N) is 4. The molecule has 1 aliphatic heterocycles. The molecule has 2 aromatic heterocycles. The van der Waals surface area contributed by atoms with Crippen LogP contribution >= 0.6 is 0 Å². The van der Waals surface area contributed by atoms with Crippen LogP contribution in [-0.2, 0) is 6.42 Å². The van der Waals surface area contributed by atoms with Crippen LogP contribution in [0.3, 0.4) is 0 Å². The number of likely N-dealkylation sites (tertiary alicyclic amines) is 1. The molecule has 0 bridgehead atoms. The van der Waals surface area contributed by atoms with E-state index in [-0.39, 0.29) is 5.69 Å². The molecule has 4 rings (SSSR count). The zero-order valence-electron chi connectivity index (χ0n) is 14.8. The molecule has 1 saturated heterocycles. The van der Waals surface area contributed by atoms with Crippen molar-refractivity contribution in [3.8, 4) is 11.1 Å². The van der Waals surface area contributed by atoms with Crippen molar-refractivity contribution < 1.29 is 4.39 Å². The monoisotopic (exact) mass is 348 g/mol. The molecule has 0 radical (unpaired) electrons. The zero-order valence-corrected chi connectivity index (χ0v) is 14.8. The number of pyridine rings is 1. The van der Waals surface area contributed by atoms with E-state index >= 15 is 0 Å². The summed E-state index contributed by atoms with van der Waals surface area (Å²) >= 11 is 0. The highest BCUT2D eigenvalue weighted by Gasteiger charge is 2.19. The lowest BCUT2D eigenvalue weighted by Gasteiger charge is -2.19. The first-order chi connectivity index (χ1) is 12.6. The Morgan fingerprint density at radius 3 is 2.85 bits per heavy atom. The fourth-order valence-electron chi connectivity index (χ4n) is 3.70. The highest BCUT2D eigenvalue weighted by atomic mass is 19.1. The largest absolute Gasteiger partial charge is 0.306 e. The van der Waals surface area contributed by atoms with Crippen LogP contribution in [0.1, 0.15) is 25.5 Å². The minimum absolute atomic E-state index is 0.0497. The summed E-state index contributed by atoms with van der Waals surface area (Å²) in [6.07, 6.45) is 7.59. The van der Waals surface area contributed by atoms with Gasteiger partial charge in [0.25, 0.3) is 0 Å². The van der Waals surface area contributed by atoms with Gasteiger partial charge >= 0.3 is 0 Å². The van der Waals surface area contributed by atoms with Gasteiger partial charge in [-0.15, -0.1) is 0 Å². The maximum Gasteiger partial charge on any atom is 0.222 e. The second kappa shape index (κ2) is 6.89. The first kappa shape index (κ1) is 16.7. The lowest BCUT2D eigenvalue weighted by Crippen LogP contribution is -2.29. The number of benzene rings is 1. The van der Waals surface area contributed by atoms with Crippen molar-refractivity contribution >= 4 is 11.3 Å². The molecule has 0 spiro atoms. The Labute approximate surface area is 152 Å². The summed E-state index contributed by atoms with van der Waals surface area (Å²) in [4.78, 5) is 10.5. The summed E-state index contributed by atoms with van der Waals surface area (Å²) in [6.45, 7) is 11.6. The summed E-state index contributed by atoms with van der Waals surface area (Å²) in [5, 5.41) is 0. The molecule has 1 fully saturated rings. The van der Waals surface area contributed by atoms with Gasteiger partial charge in [-0.05, 0) is 61.7 Å². The van der Waals surface area contributed by atoms with Crippen molar-refractivity contribution in [1.29, 1.82) is 0 Å². The minimum Gasteiger partial charge on any atom is -0.306 e. The molecule has 1 aliphatic rings. The van der Waals surface area contributed by atoms with Crippen LogP contribution in [0, 0.1) is 12.4 Å². The van der Waals surface area contributed by atoms with Gasteiger partial charge in [0.1, 0.15) is 11.5 Å². The summed E-state index contributed by atoms with van der Waals surface area (Å²) in [5.74, 6) is -0.481. The van der Waals surface area contributed by atoms with Crippen LogP contribution in [0.4, 0.5) is 10.1 Å². The van der Waals surface area contributed by atoms with Gasteiger partial charge in [0.15, 0.2) is 0 Å². The van der Waals surface area contributed by atoms with Crippen molar-refractivity contribution in [2.75, 3.05) is 13.1 Å². The van der Waals surface area contributed by atoms with E-state index in [0.29, 0.717) is 6.04 Å². The Morgan fingerprint density at radius 2 is 2.08 bits per heavy atom. The third-order valence-corrected chi connectivity index (χ3v) is 5.25. The molecule has 0 amide bonds. The number of aromatic nitrogens is 2. The molecule has 3 aromatic rings. The highest BCUT2D eigenvalue weighted by Crippen LogP contribution is 2.27. The highest BCUT2D eigenvalue weighted by molar-refractivity contribution is 5.69. The Morgan fingerprint density at radius 1 is 1.23 bits per heavy atom. The normalized spacial score (nSPS) is 17.7. The standard InChI is InChI=1S/C21H21FN4/c1-15-4-3-10-25(15)11-9-18-14-26-13-17(6-8-21(26)24-18)16-5-7-19(22)20(12-16)23-2/h5-8,12-15H,3-4,9-11H2,1H3/t15-/m1/s1. The first-order valence-electron chi connectivity index (χ1n) is 9.03. The third-order valence-electron chi connectivity index (χ3n) is 5.25. The maximum absolute atomic E-state index is 13.5. The van der Waals surface area contributed by atoms with Gasteiger partial charge in [-0.25, -0.2) is 14.2 Å². The molecule has 0 unspecified atom stereocenters. The van der Waals surface area contributed by atoms with Crippen LogP contribution in [0.5, 0.6) is 0 Å². The topological polar surface area (TPSA) is 24.9 Å². The van der Waals surface area contributed by atoms with E-state index in [4.69, 9.17) is 11.6 Å². The van der Waals surface area contributed by atoms with Crippen molar-refractivity contribution in [3.05, 3.63) is 65.7 Å². The minimum atomic E-state index is -0.481. The summed E-state index contributed by atoms with van der Waals surface area (Å²) in [6, 6.07) is 9.26. The van der Waals surface area contributed by atoms with Crippen LogP contribution in [0.15, 0.2) is 42.7 Å². The fourth-order valence-corrected chi connectivity index (χ4v) is 3.70. The van der Waals surface area contributed by atoms with Crippen molar-refractivity contribution in [1.82, 2.24) is 14.3 Å². The van der Waals surface area contributed by atoms with E-state index in [9.17, 15) is 4.39 Å². The summed E-state index contributed by atoms with van der Waals surface area (Å²) < 4.78 is 15.6. The SMILES string of the molecule is [C-]#[N+]c1cc(-c2ccc3nc(CCN4CCC[C@H]4C)cn3c2)ccc1F. The van der Waals surface area contributed by atoms with E-state index in [0.717, 1.165) is 35.4 Å².